The van der Waals surface area contributed by atoms with Crippen molar-refractivity contribution >= 4 is 23.3 Å². The minimum Gasteiger partial charge on any atom is -0.351 e. The van der Waals surface area contributed by atoms with Crippen molar-refractivity contribution in [1.82, 2.24) is 9.97 Å². The summed E-state index contributed by atoms with van der Waals surface area (Å²) in [6.45, 7) is 1.52. The third-order valence-electron chi connectivity index (χ3n) is 2.75. The van der Waals surface area contributed by atoms with Crippen molar-refractivity contribution in [3.63, 3.8) is 0 Å². The predicted octanol–water partition coefficient (Wildman–Crippen LogP) is 1.95. The third kappa shape index (κ3) is 2.51. The van der Waals surface area contributed by atoms with Gasteiger partial charge >= 0.3 is 5.69 Å². The number of piperidine rings is 1. The first-order valence-electron chi connectivity index (χ1n) is 5.54. The maximum atomic E-state index is 11.1. The highest BCUT2D eigenvalue weighted by molar-refractivity contribution is 8.03. The van der Waals surface area contributed by atoms with Crippen LogP contribution in [0.15, 0.2) is 11.4 Å². The first-order valence-corrected chi connectivity index (χ1v) is 6.36. The fraction of sp³-hybridized carbons (Fsp3) is 0.500. The Morgan fingerprint density at radius 1 is 1.39 bits per heavy atom. The Bertz CT molecular complexity index is 496. The Balaban J connectivity index is 2.42. The maximum absolute atomic E-state index is 11.1. The molecule has 0 amide bonds. The molecule has 0 aromatic carbocycles. The van der Waals surface area contributed by atoms with Crippen LogP contribution in [0.5, 0.6) is 0 Å². The van der Waals surface area contributed by atoms with Crippen LogP contribution < -0.4 is 4.90 Å². The predicted molar refractivity (Wildman–Crippen MR) is 66.2 cm³/mol. The highest BCUT2D eigenvalue weighted by Gasteiger charge is 2.27. The van der Waals surface area contributed by atoms with Gasteiger partial charge in [-0.15, -0.1) is 0 Å². The smallest absolute Gasteiger partial charge is 0.344 e. The molecular formula is C10H11N5O2S. The lowest BCUT2D eigenvalue weighted by Crippen LogP contribution is -2.31. The molecule has 94 valence electrons. The van der Waals surface area contributed by atoms with Gasteiger partial charge in [0.1, 0.15) is 11.7 Å². The van der Waals surface area contributed by atoms with Crippen LogP contribution in [0.1, 0.15) is 19.3 Å². The lowest BCUT2D eigenvalue weighted by molar-refractivity contribution is -0.387. The van der Waals surface area contributed by atoms with E-state index in [1.165, 1.54) is 6.33 Å². The number of nitrogens with zero attached hydrogens (tertiary/aromatic N) is 5. The second kappa shape index (κ2) is 5.64. The van der Waals surface area contributed by atoms with Crippen LogP contribution >= 0.6 is 11.8 Å². The van der Waals surface area contributed by atoms with E-state index in [0.29, 0.717) is 17.6 Å². The summed E-state index contributed by atoms with van der Waals surface area (Å²) >= 11 is 0.695. The van der Waals surface area contributed by atoms with Gasteiger partial charge in [-0.05, 0) is 19.3 Å². The number of thioether (sulfide) groups is 1. The summed E-state index contributed by atoms with van der Waals surface area (Å²) in [5.74, 6) is 0.326. The zero-order valence-corrected chi connectivity index (χ0v) is 10.4. The van der Waals surface area contributed by atoms with Crippen LogP contribution in [0.4, 0.5) is 11.5 Å². The lowest BCUT2D eigenvalue weighted by Gasteiger charge is -2.27. The van der Waals surface area contributed by atoms with Crippen molar-refractivity contribution in [2.45, 2.75) is 24.3 Å². The van der Waals surface area contributed by atoms with Gasteiger partial charge in [0.25, 0.3) is 0 Å². The third-order valence-corrected chi connectivity index (χ3v) is 3.33. The second-order valence-electron chi connectivity index (χ2n) is 3.85. The second-order valence-corrected chi connectivity index (χ2v) is 4.62. The summed E-state index contributed by atoms with van der Waals surface area (Å²) in [6, 6.07) is 0. The van der Waals surface area contributed by atoms with Crippen molar-refractivity contribution in [3.8, 4) is 5.40 Å². The quantitative estimate of drug-likeness (QED) is 0.271. The molecule has 1 fully saturated rings. The van der Waals surface area contributed by atoms with E-state index < -0.39 is 4.92 Å². The number of thiocyanates is 1. The van der Waals surface area contributed by atoms with Crippen molar-refractivity contribution in [3.05, 3.63) is 16.4 Å². The Hall–Kier alpha value is -1.88. The van der Waals surface area contributed by atoms with E-state index in [9.17, 15) is 10.1 Å². The standard InChI is InChI=1S/C10H11N5O2S/c11-6-18-10-8(15(16)17)9(12-7-13-10)14-4-2-1-3-5-14/h7H,1-5H2. The first-order chi connectivity index (χ1) is 8.74. The molecule has 1 aromatic heterocycles. The lowest BCUT2D eigenvalue weighted by atomic mass is 10.1. The van der Waals surface area contributed by atoms with Crippen molar-refractivity contribution in [2.75, 3.05) is 18.0 Å². The van der Waals surface area contributed by atoms with Gasteiger partial charge in [0.15, 0.2) is 5.03 Å². The Labute approximate surface area is 108 Å². The highest BCUT2D eigenvalue weighted by Crippen LogP contribution is 2.34. The molecule has 1 saturated heterocycles. The molecular weight excluding hydrogens is 254 g/mol. The zero-order valence-electron chi connectivity index (χ0n) is 9.57. The number of nitriles is 1. The molecule has 0 unspecified atom stereocenters. The molecule has 1 aliphatic rings. The van der Waals surface area contributed by atoms with Crippen LogP contribution in [-0.4, -0.2) is 28.0 Å². The van der Waals surface area contributed by atoms with Crippen LogP contribution in [0.2, 0.25) is 0 Å². The van der Waals surface area contributed by atoms with E-state index in [0.717, 1.165) is 32.4 Å². The number of nitro groups is 1. The summed E-state index contributed by atoms with van der Waals surface area (Å²) in [4.78, 5) is 20.3. The first kappa shape index (κ1) is 12.6. The molecule has 0 saturated carbocycles. The molecule has 0 spiro atoms. The van der Waals surface area contributed by atoms with E-state index in [1.807, 2.05) is 10.3 Å². The van der Waals surface area contributed by atoms with Gasteiger partial charge < -0.3 is 4.90 Å². The fourth-order valence-corrected chi connectivity index (χ4v) is 2.42. The maximum Gasteiger partial charge on any atom is 0.344 e. The van der Waals surface area contributed by atoms with E-state index >= 15 is 0 Å². The normalized spacial score (nSPS) is 15.2. The van der Waals surface area contributed by atoms with Crippen LogP contribution in [0.3, 0.4) is 0 Å². The summed E-state index contributed by atoms with van der Waals surface area (Å²) in [7, 11) is 0. The summed E-state index contributed by atoms with van der Waals surface area (Å²) in [6.07, 6.45) is 4.41. The van der Waals surface area contributed by atoms with E-state index in [-0.39, 0.29) is 10.7 Å². The minimum absolute atomic E-state index is 0.109. The molecule has 18 heavy (non-hydrogen) atoms. The average Bonchev–Trinajstić information content (AvgIpc) is 2.39. The molecule has 0 N–H and O–H groups in total. The molecule has 1 aromatic rings. The fourth-order valence-electron chi connectivity index (χ4n) is 1.97. The van der Waals surface area contributed by atoms with E-state index in [4.69, 9.17) is 5.26 Å². The molecule has 0 atom stereocenters. The Morgan fingerprint density at radius 2 is 2.11 bits per heavy atom. The van der Waals surface area contributed by atoms with Gasteiger partial charge in [-0.1, -0.05) is 0 Å². The monoisotopic (exact) mass is 265 g/mol. The van der Waals surface area contributed by atoms with Crippen LogP contribution in [0, 0.1) is 20.8 Å². The van der Waals surface area contributed by atoms with Gasteiger partial charge in [-0.25, -0.2) is 9.97 Å². The molecule has 7 nitrogen and oxygen atoms in total. The topological polar surface area (TPSA) is 96.0 Å². The van der Waals surface area contributed by atoms with Gasteiger partial charge in [0.05, 0.1) is 4.92 Å². The summed E-state index contributed by atoms with van der Waals surface area (Å²) < 4.78 is 0. The minimum atomic E-state index is -0.510. The number of aromatic nitrogens is 2. The van der Waals surface area contributed by atoms with Gasteiger partial charge in [0.2, 0.25) is 5.82 Å². The van der Waals surface area contributed by atoms with Crippen molar-refractivity contribution in [1.29, 1.82) is 5.26 Å². The van der Waals surface area contributed by atoms with Crippen LogP contribution in [0.25, 0.3) is 0 Å². The molecule has 2 heterocycles. The number of anilines is 1. The Morgan fingerprint density at radius 3 is 2.72 bits per heavy atom. The van der Waals surface area contributed by atoms with Gasteiger partial charge in [-0.2, -0.15) is 5.26 Å². The van der Waals surface area contributed by atoms with Crippen LogP contribution in [-0.2, 0) is 0 Å². The van der Waals surface area contributed by atoms with Crippen molar-refractivity contribution < 1.29 is 4.92 Å². The number of rotatable bonds is 3. The molecule has 1 aliphatic heterocycles. The highest BCUT2D eigenvalue weighted by atomic mass is 32.2. The molecule has 2 rings (SSSR count). The molecule has 8 heteroatoms. The van der Waals surface area contributed by atoms with E-state index in [1.54, 1.807) is 0 Å². The average molecular weight is 265 g/mol. The van der Waals surface area contributed by atoms with Gasteiger partial charge in [0, 0.05) is 24.9 Å². The number of hydrogen-bond acceptors (Lipinski definition) is 7. The zero-order chi connectivity index (χ0) is 13.0. The van der Waals surface area contributed by atoms with E-state index in [2.05, 4.69) is 9.97 Å². The largest absolute Gasteiger partial charge is 0.351 e. The summed E-state index contributed by atoms with van der Waals surface area (Å²) in [5, 5.41) is 21.7. The van der Waals surface area contributed by atoms with Crippen molar-refractivity contribution in [2.24, 2.45) is 0 Å². The number of hydrogen-bond donors (Lipinski definition) is 0. The SMILES string of the molecule is N#CSc1ncnc(N2CCCCC2)c1[N+](=O)[O-]. The molecule has 0 aliphatic carbocycles. The molecule has 0 bridgehead atoms. The Kier molecular flexibility index (Phi) is 3.94. The molecule has 0 radical (unpaired) electrons. The summed E-state index contributed by atoms with van der Waals surface area (Å²) in [5.41, 5.74) is -0.161. The van der Waals surface area contributed by atoms with Gasteiger partial charge in [-0.3, -0.25) is 10.1 Å².